The van der Waals surface area contributed by atoms with Crippen molar-refractivity contribution in [1.29, 1.82) is 0 Å². The number of benzene rings is 1. The predicted molar refractivity (Wildman–Crippen MR) is 68.6 cm³/mol. The second-order valence-corrected chi connectivity index (χ2v) is 4.36. The van der Waals surface area contributed by atoms with Crippen molar-refractivity contribution in [2.75, 3.05) is 11.1 Å². The lowest BCUT2D eigenvalue weighted by Crippen LogP contribution is -2.00. The van der Waals surface area contributed by atoms with Crippen molar-refractivity contribution in [2.45, 2.75) is 6.92 Å². The van der Waals surface area contributed by atoms with Crippen molar-refractivity contribution >= 4 is 33.4 Å². The van der Waals surface area contributed by atoms with Crippen LogP contribution in [0.3, 0.4) is 0 Å². The standard InChI is InChI=1S/C11H10BrFN4/c1-6-4-8(13)7(12)5-9(6)16-10-2-3-15-11(14)17-10/h2-5H,1H3,(H3,14,15,16,17). The first-order valence-electron chi connectivity index (χ1n) is 4.87. The quantitative estimate of drug-likeness (QED) is 0.894. The average molecular weight is 297 g/mol. The van der Waals surface area contributed by atoms with E-state index in [-0.39, 0.29) is 11.8 Å². The van der Waals surface area contributed by atoms with E-state index in [4.69, 9.17) is 5.73 Å². The molecule has 0 bridgehead atoms. The highest BCUT2D eigenvalue weighted by Crippen LogP contribution is 2.26. The summed E-state index contributed by atoms with van der Waals surface area (Å²) < 4.78 is 13.6. The van der Waals surface area contributed by atoms with Crippen LogP contribution in [0.15, 0.2) is 28.9 Å². The maximum atomic E-state index is 13.2. The number of hydrogen-bond acceptors (Lipinski definition) is 4. The molecule has 0 unspecified atom stereocenters. The minimum Gasteiger partial charge on any atom is -0.368 e. The number of aryl methyl sites for hydroxylation is 1. The van der Waals surface area contributed by atoms with Gasteiger partial charge in [-0.1, -0.05) is 0 Å². The Kier molecular flexibility index (Phi) is 3.23. The van der Waals surface area contributed by atoms with Gasteiger partial charge in [0.2, 0.25) is 5.95 Å². The summed E-state index contributed by atoms with van der Waals surface area (Å²) in [5.41, 5.74) is 7.01. The lowest BCUT2D eigenvalue weighted by atomic mass is 10.2. The average Bonchev–Trinajstić information content (AvgIpc) is 2.26. The molecule has 2 rings (SSSR count). The summed E-state index contributed by atoms with van der Waals surface area (Å²) in [7, 11) is 0. The molecule has 0 radical (unpaired) electrons. The van der Waals surface area contributed by atoms with Gasteiger partial charge in [0.1, 0.15) is 11.6 Å². The van der Waals surface area contributed by atoms with Crippen molar-refractivity contribution in [3.8, 4) is 0 Å². The molecular formula is C11H10BrFN4. The number of aromatic nitrogens is 2. The van der Waals surface area contributed by atoms with Crippen LogP contribution >= 0.6 is 15.9 Å². The first-order chi connectivity index (χ1) is 8.06. The molecule has 88 valence electrons. The normalized spacial score (nSPS) is 10.3. The van der Waals surface area contributed by atoms with Crippen molar-refractivity contribution in [2.24, 2.45) is 0 Å². The summed E-state index contributed by atoms with van der Waals surface area (Å²) in [5.74, 6) is 0.461. The van der Waals surface area contributed by atoms with E-state index in [1.165, 1.54) is 6.07 Å². The summed E-state index contributed by atoms with van der Waals surface area (Å²) in [5, 5.41) is 3.05. The third kappa shape index (κ3) is 2.71. The number of anilines is 3. The number of nitrogens with zero attached hydrogens (tertiary/aromatic N) is 2. The van der Waals surface area contributed by atoms with Crippen LogP contribution in [0.5, 0.6) is 0 Å². The predicted octanol–water partition coefficient (Wildman–Crippen LogP) is 3.01. The minimum absolute atomic E-state index is 0.189. The minimum atomic E-state index is -0.296. The number of nitrogens with one attached hydrogen (secondary N) is 1. The van der Waals surface area contributed by atoms with Crippen LogP contribution in [0, 0.1) is 12.7 Å². The van der Waals surface area contributed by atoms with Gasteiger partial charge < -0.3 is 11.1 Å². The summed E-state index contributed by atoms with van der Waals surface area (Å²) in [6.45, 7) is 1.81. The van der Waals surface area contributed by atoms with Gasteiger partial charge in [-0.05, 0) is 46.6 Å². The lowest BCUT2D eigenvalue weighted by molar-refractivity contribution is 0.620. The fraction of sp³-hybridized carbons (Fsp3) is 0.0909. The van der Waals surface area contributed by atoms with Gasteiger partial charge in [-0.3, -0.25) is 0 Å². The van der Waals surface area contributed by atoms with Crippen molar-refractivity contribution in [3.63, 3.8) is 0 Å². The summed E-state index contributed by atoms with van der Waals surface area (Å²) in [6, 6.07) is 4.78. The first-order valence-corrected chi connectivity index (χ1v) is 5.67. The van der Waals surface area contributed by atoms with E-state index < -0.39 is 0 Å². The maximum absolute atomic E-state index is 13.2. The third-order valence-electron chi connectivity index (χ3n) is 2.20. The largest absolute Gasteiger partial charge is 0.368 e. The van der Waals surface area contributed by atoms with Crippen molar-refractivity contribution in [1.82, 2.24) is 9.97 Å². The van der Waals surface area contributed by atoms with Crippen LogP contribution in [0.2, 0.25) is 0 Å². The molecule has 0 atom stereocenters. The highest BCUT2D eigenvalue weighted by molar-refractivity contribution is 9.10. The van der Waals surface area contributed by atoms with Gasteiger partial charge in [0.15, 0.2) is 0 Å². The molecule has 0 aliphatic heterocycles. The van der Waals surface area contributed by atoms with Gasteiger partial charge in [-0.15, -0.1) is 0 Å². The second-order valence-electron chi connectivity index (χ2n) is 3.51. The summed E-state index contributed by atoms with van der Waals surface area (Å²) in [6.07, 6.45) is 1.55. The Bertz CT molecular complexity index is 559. The molecule has 0 aliphatic carbocycles. The Hall–Kier alpha value is -1.69. The van der Waals surface area contributed by atoms with Gasteiger partial charge in [0, 0.05) is 11.9 Å². The molecule has 0 amide bonds. The van der Waals surface area contributed by atoms with Gasteiger partial charge in [-0.2, -0.15) is 4.98 Å². The topological polar surface area (TPSA) is 63.8 Å². The molecule has 17 heavy (non-hydrogen) atoms. The monoisotopic (exact) mass is 296 g/mol. The number of halogens is 2. The molecule has 0 aliphatic rings. The molecule has 0 spiro atoms. The van der Waals surface area contributed by atoms with E-state index >= 15 is 0 Å². The van der Waals surface area contributed by atoms with Gasteiger partial charge in [0.05, 0.1) is 4.47 Å². The fourth-order valence-electron chi connectivity index (χ4n) is 1.36. The van der Waals surface area contributed by atoms with E-state index in [0.717, 1.165) is 11.3 Å². The molecule has 1 aromatic carbocycles. The zero-order valence-corrected chi connectivity index (χ0v) is 10.6. The number of nitrogens with two attached hydrogens (primary N) is 1. The molecule has 0 saturated carbocycles. The van der Waals surface area contributed by atoms with Gasteiger partial charge >= 0.3 is 0 Å². The SMILES string of the molecule is Cc1cc(F)c(Br)cc1Nc1ccnc(N)n1. The highest BCUT2D eigenvalue weighted by Gasteiger charge is 2.06. The molecule has 2 aromatic rings. The number of rotatable bonds is 2. The zero-order valence-electron chi connectivity index (χ0n) is 9.04. The molecule has 6 heteroatoms. The van der Waals surface area contributed by atoms with Gasteiger partial charge in [0.25, 0.3) is 0 Å². The van der Waals surface area contributed by atoms with E-state index in [1.807, 2.05) is 6.92 Å². The Morgan fingerprint density at radius 3 is 2.88 bits per heavy atom. The Balaban J connectivity index is 2.33. The van der Waals surface area contributed by atoms with Crippen LogP contribution in [-0.4, -0.2) is 9.97 Å². The molecule has 0 saturated heterocycles. The van der Waals surface area contributed by atoms with Crippen molar-refractivity contribution < 1.29 is 4.39 Å². The number of hydrogen-bond donors (Lipinski definition) is 2. The third-order valence-corrected chi connectivity index (χ3v) is 2.81. The summed E-state index contributed by atoms with van der Waals surface area (Å²) in [4.78, 5) is 7.80. The zero-order chi connectivity index (χ0) is 12.4. The van der Waals surface area contributed by atoms with Crippen LogP contribution in [0.4, 0.5) is 21.8 Å². The molecule has 4 nitrogen and oxygen atoms in total. The Labute approximate surface area is 106 Å². The van der Waals surface area contributed by atoms with Crippen LogP contribution < -0.4 is 11.1 Å². The smallest absolute Gasteiger partial charge is 0.221 e. The molecule has 0 fully saturated rings. The molecular weight excluding hydrogens is 287 g/mol. The van der Waals surface area contributed by atoms with E-state index in [2.05, 4.69) is 31.2 Å². The Morgan fingerprint density at radius 1 is 1.41 bits per heavy atom. The molecule has 3 N–H and O–H groups in total. The molecule has 1 heterocycles. The lowest BCUT2D eigenvalue weighted by Gasteiger charge is -2.09. The first kappa shape index (κ1) is 11.8. The highest BCUT2D eigenvalue weighted by atomic mass is 79.9. The second kappa shape index (κ2) is 4.67. The fourth-order valence-corrected chi connectivity index (χ4v) is 1.71. The van der Waals surface area contributed by atoms with Crippen molar-refractivity contribution in [3.05, 3.63) is 40.2 Å². The van der Waals surface area contributed by atoms with Gasteiger partial charge in [-0.25, -0.2) is 9.37 Å². The van der Waals surface area contributed by atoms with E-state index in [1.54, 1.807) is 18.3 Å². The Morgan fingerprint density at radius 2 is 2.18 bits per heavy atom. The van der Waals surface area contributed by atoms with Crippen LogP contribution in [-0.2, 0) is 0 Å². The van der Waals surface area contributed by atoms with E-state index in [0.29, 0.717) is 10.3 Å². The van der Waals surface area contributed by atoms with E-state index in [9.17, 15) is 4.39 Å². The summed E-state index contributed by atoms with van der Waals surface area (Å²) >= 11 is 3.14. The number of nitrogen functional groups attached to an aromatic ring is 1. The van der Waals surface area contributed by atoms with Crippen LogP contribution in [0.1, 0.15) is 5.56 Å². The molecule has 1 aromatic heterocycles. The maximum Gasteiger partial charge on any atom is 0.221 e. The van der Waals surface area contributed by atoms with Crippen LogP contribution in [0.25, 0.3) is 0 Å².